The molecular weight excluding hydrogens is 368 g/mol. The van der Waals surface area contributed by atoms with Crippen molar-refractivity contribution < 1.29 is 9.59 Å². The van der Waals surface area contributed by atoms with Crippen molar-refractivity contribution in [1.29, 1.82) is 0 Å². The summed E-state index contributed by atoms with van der Waals surface area (Å²) in [6, 6.07) is 5.91. The molecule has 2 N–H and O–H groups in total. The van der Waals surface area contributed by atoms with Crippen molar-refractivity contribution in [3.8, 4) is 0 Å². The first-order valence-electron chi connectivity index (χ1n) is 9.90. The van der Waals surface area contributed by atoms with Crippen LogP contribution in [0.5, 0.6) is 0 Å². The Hall–Kier alpha value is -3.03. The molecule has 3 heterocycles. The lowest BCUT2D eigenvalue weighted by atomic mass is 9.93. The van der Waals surface area contributed by atoms with Crippen LogP contribution in [0.2, 0.25) is 0 Å². The number of aromatic nitrogens is 3. The summed E-state index contributed by atoms with van der Waals surface area (Å²) in [5.74, 6) is 0.469. The summed E-state index contributed by atoms with van der Waals surface area (Å²) in [4.78, 5) is 38.9. The van der Waals surface area contributed by atoms with E-state index in [9.17, 15) is 9.59 Å². The summed E-state index contributed by atoms with van der Waals surface area (Å²) in [6.07, 6.45) is 1.88. The Kier molecular flexibility index (Phi) is 6.41. The molecule has 8 nitrogen and oxygen atoms in total. The number of rotatable bonds is 5. The maximum atomic E-state index is 12.4. The number of amides is 2. The Morgan fingerprint density at radius 2 is 1.76 bits per heavy atom. The Morgan fingerprint density at radius 3 is 2.45 bits per heavy atom. The van der Waals surface area contributed by atoms with Crippen molar-refractivity contribution in [3.63, 3.8) is 0 Å². The van der Waals surface area contributed by atoms with Crippen LogP contribution in [0.4, 0.5) is 11.6 Å². The second-order valence-corrected chi connectivity index (χ2v) is 7.61. The van der Waals surface area contributed by atoms with Crippen LogP contribution in [-0.4, -0.2) is 51.3 Å². The number of hydrogen-bond acceptors (Lipinski definition) is 6. The number of pyridine rings is 1. The lowest BCUT2D eigenvalue weighted by Gasteiger charge is -2.33. The number of hydrogen-bond donors (Lipinski definition) is 2. The fraction of sp³-hybridized carbons (Fsp3) is 0.476. The van der Waals surface area contributed by atoms with Crippen molar-refractivity contribution in [2.24, 2.45) is 0 Å². The molecule has 1 atom stereocenters. The van der Waals surface area contributed by atoms with Gasteiger partial charge >= 0.3 is 0 Å². The van der Waals surface area contributed by atoms with E-state index >= 15 is 0 Å². The highest BCUT2D eigenvalue weighted by atomic mass is 16.2. The van der Waals surface area contributed by atoms with Crippen LogP contribution in [0.1, 0.15) is 48.5 Å². The quantitative estimate of drug-likeness (QED) is 0.805. The predicted molar refractivity (Wildman–Crippen MR) is 111 cm³/mol. The van der Waals surface area contributed by atoms with Crippen LogP contribution in [-0.2, 0) is 9.59 Å². The van der Waals surface area contributed by atoms with E-state index in [1.165, 1.54) is 6.92 Å². The molecule has 29 heavy (non-hydrogen) atoms. The van der Waals surface area contributed by atoms with Crippen molar-refractivity contribution >= 4 is 23.5 Å². The Labute approximate surface area is 171 Å². The largest absolute Gasteiger partial charge is 0.347 e. The van der Waals surface area contributed by atoms with Gasteiger partial charge in [-0.2, -0.15) is 0 Å². The first-order chi connectivity index (χ1) is 13.8. The third kappa shape index (κ3) is 5.73. The van der Waals surface area contributed by atoms with Gasteiger partial charge in [-0.15, -0.1) is 0 Å². The van der Waals surface area contributed by atoms with Crippen LogP contribution in [0.3, 0.4) is 0 Å². The van der Waals surface area contributed by atoms with Gasteiger partial charge < -0.3 is 15.5 Å². The zero-order valence-electron chi connectivity index (χ0n) is 17.5. The van der Waals surface area contributed by atoms with Crippen LogP contribution in [0, 0.1) is 20.8 Å². The highest BCUT2D eigenvalue weighted by Crippen LogP contribution is 2.28. The fourth-order valence-electron chi connectivity index (χ4n) is 3.64. The van der Waals surface area contributed by atoms with Gasteiger partial charge in [-0.25, -0.2) is 9.97 Å². The van der Waals surface area contributed by atoms with E-state index in [1.54, 1.807) is 0 Å². The number of likely N-dealkylation sites (tertiary alicyclic amines) is 1. The zero-order valence-corrected chi connectivity index (χ0v) is 17.5. The smallest absolute Gasteiger partial charge is 0.241 e. The molecule has 0 radical (unpaired) electrons. The van der Waals surface area contributed by atoms with Gasteiger partial charge in [-0.05, 0) is 51.8 Å². The average molecular weight is 396 g/mol. The highest BCUT2D eigenvalue weighted by Gasteiger charge is 2.26. The lowest BCUT2D eigenvalue weighted by molar-refractivity contribution is -0.133. The van der Waals surface area contributed by atoms with Gasteiger partial charge in [0.15, 0.2) is 0 Å². The van der Waals surface area contributed by atoms with Gasteiger partial charge in [0.1, 0.15) is 0 Å². The van der Waals surface area contributed by atoms with E-state index < -0.39 is 0 Å². The molecular formula is C21H28N6O2. The SMILES string of the molecule is CC(=O)NCC(=O)N1CCCC(c2cc(Nc3nc(C)cc(C)n3)cc(C)n2)C1. The number of carbonyl (C=O) groups excluding carboxylic acids is 2. The molecule has 1 aliphatic rings. The van der Waals surface area contributed by atoms with Crippen molar-refractivity contribution in [2.75, 3.05) is 25.0 Å². The van der Waals surface area contributed by atoms with E-state index in [0.717, 1.165) is 41.3 Å². The predicted octanol–water partition coefficient (Wildman–Crippen LogP) is 2.38. The molecule has 0 saturated carbocycles. The number of anilines is 2. The molecule has 2 amide bonds. The molecule has 0 aliphatic carbocycles. The number of nitrogens with one attached hydrogen (secondary N) is 2. The normalized spacial score (nSPS) is 16.4. The summed E-state index contributed by atoms with van der Waals surface area (Å²) < 4.78 is 0. The lowest BCUT2D eigenvalue weighted by Crippen LogP contribution is -2.44. The Morgan fingerprint density at radius 1 is 1.07 bits per heavy atom. The van der Waals surface area contributed by atoms with Crippen molar-refractivity contribution in [1.82, 2.24) is 25.2 Å². The van der Waals surface area contributed by atoms with Crippen LogP contribution in [0.25, 0.3) is 0 Å². The highest BCUT2D eigenvalue weighted by molar-refractivity contribution is 5.83. The van der Waals surface area contributed by atoms with Crippen molar-refractivity contribution in [2.45, 2.75) is 46.5 Å². The van der Waals surface area contributed by atoms with E-state index in [4.69, 9.17) is 4.98 Å². The van der Waals surface area contributed by atoms with Crippen LogP contribution >= 0.6 is 0 Å². The molecule has 2 aromatic rings. The first-order valence-corrected chi connectivity index (χ1v) is 9.90. The minimum Gasteiger partial charge on any atom is -0.347 e. The minimum absolute atomic E-state index is 0.0418. The van der Waals surface area contributed by atoms with Gasteiger partial charge in [-0.1, -0.05) is 0 Å². The average Bonchev–Trinajstić information content (AvgIpc) is 2.65. The molecule has 0 spiro atoms. The summed E-state index contributed by atoms with van der Waals surface area (Å²) in [5, 5.41) is 5.86. The number of aryl methyl sites for hydroxylation is 3. The third-order valence-corrected chi connectivity index (χ3v) is 4.89. The molecule has 1 unspecified atom stereocenters. The topological polar surface area (TPSA) is 100 Å². The summed E-state index contributed by atoms with van der Waals surface area (Å²) in [5.41, 5.74) is 4.56. The monoisotopic (exact) mass is 396 g/mol. The number of carbonyl (C=O) groups is 2. The number of nitrogens with zero attached hydrogens (tertiary/aromatic N) is 4. The fourth-order valence-corrected chi connectivity index (χ4v) is 3.64. The second-order valence-electron chi connectivity index (χ2n) is 7.61. The Bertz CT molecular complexity index is 894. The number of piperidine rings is 1. The standard InChI is InChI=1S/C21H28N6O2/c1-13-8-14(2)25-21(24-13)26-18-9-15(3)23-19(10-18)17-6-5-7-27(12-17)20(29)11-22-16(4)28/h8-10,17H,5-7,11-12H2,1-4H3,(H,22,28)(H,23,24,25,26). The van der Waals surface area contributed by atoms with E-state index in [2.05, 4.69) is 20.6 Å². The molecule has 1 saturated heterocycles. The molecule has 2 aromatic heterocycles. The Balaban J connectivity index is 1.74. The summed E-state index contributed by atoms with van der Waals surface area (Å²) in [6.45, 7) is 8.61. The van der Waals surface area contributed by atoms with Crippen LogP contribution < -0.4 is 10.6 Å². The van der Waals surface area contributed by atoms with Gasteiger partial charge in [0.2, 0.25) is 17.8 Å². The molecule has 154 valence electrons. The molecule has 0 aromatic carbocycles. The summed E-state index contributed by atoms with van der Waals surface area (Å²) in [7, 11) is 0. The maximum Gasteiger partial charge on any atom is 0.241 e. The van der Waals surface area contributed by atoms with Gasteiger partial charge in [0.05, 0.1) is 6.54 Å². The van der Waals surface area contributed by atoms with Gasteiger partial charge in [0, 0.05) is 54.4 Å². The molecule has 1 aliphatic heterocycles. The second kappa shape index (κ2) is 8.98. The molecule has 1 fully saturated rings. The van der Waals surface area contributed by atoms with E-state index in [0.29, 0.717) is 19.0 Å². The van der Waals surface area contributed by atoms with E-state index in [1.807, 2.05) is 43.9 Å². The molecule has 8 heteroatoms. The third-order valence-electron chi connectivity index (χ3n) is 4.89. The van der Waals surface area contributed by atoms with Gasteiger partial charge in [0.25, 0.3) is 0 Å². The summed E-state index contributed by atoms with van der Waals surface area (Å²) >= 11 is 0. The molecule has 0 bridgehead atoms. The van der Waals surface area contributed by atoms with E-state index in [-0.39, 0.29) is 24.3 Å². The van der Waals surface area contributed by atoms with Gasteiger partial charge in [-0.3, -0.25) is 14.6 Å². The molecule has 3 rings (SSSR count). The first kappa shape index (κ1) is 20.7. The maximum absolute atomic E-state index is 12.4. The van der Waals surface area contributed by atoms with Crippen LogP contribution in [0.15, 0.2) is 18.2 Å². The zero-order chi connectivity index (χ0) is 21.0. The van der Waals surface area contributed by atoms with Crippen molar-refractivity contribution in [3.05, 3.63) is 41.0 Å². The minimum atomic E-state index is -0.198.